The summed E-state index contributed by atoms with van der Waals surface area (Å²) in [6.07, 6.45) is 1.27. The lowest BCUT2D eigenvalue weighted by atomic mass is 10.0. The van der Waals surface area contributed by atoms with Crippen LogP contribution in [0.5, 0.6) is 0 Å². The van der Waals surface area contributed by atoms with E-state index in [1.165, 1.54) is 6.07 Å². The number of aliphatic hydroxyl groups excluding tert-OH is 1. The maximum atomic E-state index is 13.4. The molecule has 0 saturated carbocycles. The lowest BCUT2D eigenvalue weighted by Gasteiger charge is -2.19. The summed E-state index contributed by atoms with van der Waals surface area (Å²) in [7, 11) is 0. The third-order valence-electron chi connectivity index (χ3n) is 3.25. The van der Waals surface area contributed by atoms with Gasteiger partial charge in [-0.2, -0.15) is 0 Å². The monoisotopic (exact) mass is 253 g/mol. The Morgan fingerprint density at radius 3 is 2.50 bits per heavy atom. The highest BCUT2D eigenvalue weighted by Gasteiger charge is 2.11. The zero-order valence-corrected chi connectivity index (χ0v) is 11.5. The number of nitrogens with one attached hydrogen (secondary N) is 1. The molecule has 0 bridgehead atoms. The van der Waals surface area contributed by atoms with Crippen LogP contribution in [0.4, 0.5) is 4.39 Å². The topological polar surface area (TPSA) is 32.3 Å². The zero-order valence-electron chi connectivity index (χ0n) is 11.5. The van der Waals surface area contributed by atoms with Gasteiger partial charge in [0.05, 0.1) is 6.10 Å². The molecule has 0 fully saturated rings. The van der Waals surface area contributed by atoms with Crippen LogP contribution in [0.2, 0.25) is 0 Å². The van der Waals surface area contributed by atoms with E-state index >= 15 is 0 Å². The largest absolute Gasteiger partial charge is 0.392 e. The van der Waals surface area contributed by atoms with Crippen LogP contribution in [0, 0.1) is 11.7 Å². The summed E-state index contributed by atoms with van der Waals surface area (Å²) in [6, 6.07) is 7.16. The fourth-order valence-corrected chi connectivity index (χ4v) is 1.73. The van der Waals surface area contributed by atoms with Crippen LogP contribution in [0.3, 0.4) is 0 Å². The molecule has 2 atom stereocenters. The van der Waals surface area contributed by atoms with Crippen LogP contribution >= 0.6 is 0 Å². The van der Waals surface area contributed by atoms with E-state index in [1.807, 2.05) is 26.0 Å². The van der Waals surface area contributed by atoms with Gasteiger partial charge in [-0.1, -0.05) is 32.0 Å². The maximum Gasteiger partial charge on any atom is 0.126 e. The van der Waals surface area contributed by atoms with Crippen LogP contribution in [-0.2, 0) is 6.42 Å². The van der Waals surface area contributed by atoms with Gasteiger partial charge >= 0.3 is 0 Å². The van der Waals surface area contributed by atoms with Crippen molar-refractivity contribution in [1.29, 1.82) is 0 Å². The van der Waals surface area contributed by atoms with Crippen molar-refractivity contribution >= 4 is 0 Å². The van der Waals surface area contributed by atoms with E-state index in [1.54, 1.807) is 6.07 Å². The first kappa shape index (κ1) is 15.1. The number of halogens is 1. The third-order valence-corrected chi connectivity index (χ3v) is 3.25. The number of hydrogen-bond donors (Lipinski definition) is 2. The fourth-order valence-electron chi connectivity index (χ4n) is 1.73. The van der Waals surface area contributed by atoms with Crippen molar-refractivity contribution in [3.05, 3.63) is 35.6 Å². The van der Waals surface area contributed by atoms with Gasteiger partial charge in [0, 0.05) is 12.6 Å². The second-order valence-electron chi connectivity index (χ2n) is 5.25. The second-order valence-corrected chi connectivity index (χ2v) is 5.25. The van der Waals surface area contributed by atoms with E-state index in [0.29, 0.717) is 6.54 Å². The highest BCUT2D eigenvalue weighted by Crippen LogP contribution is 2.10. The molecular formula is C15H24FNO. The molecule has 0 spiro atoms. The maximum absolute atomic E-state index is 13.4. The molecule has 3 heteroatoms. The van der Waals surface area contributed by atoms with Gasteiger partial charge in [-0.15, -0.1) is 0 Å². The molecule has 0 aromatic heterocycles. The standard InChI is InChI=1S/C15H24FNO/c1-11(2)15(18)10-17-12(3)8-9-13-6-4-5-7-14(13)16/h4-7,11-12,15,17-18H,8-10H2,1-3H3. The number of rotatable bonds is 7. The summed E-state index contributed by atoms with van der Waals surface area (Å²) in [5, 5.41) is 13.0. The first-order chi connectivity index (χ1) is 8.50. The molecule has 18 heavy (non-hydrogen) atoms. The van der Waals surface area contributed by atoms with Crippen molar-refractivity contribution in [3.8, 4) is 0 Å². The highest BCUT2D eigenvalue weighted by molar-refractivity contribution is 5.17. The van der Waals surface area contributed by atoms with Crippen molar-refractivity contribution in [2.45, 2.75) is 45.8 Å². The van der Waals surface area contributed by atoms with Gasteiger partial charge in [-0.25, -0.2) is 4.39 Å². The minimum Gasteiger partial charge on any atom is -0.392 e. The summed E-state index contributed by atoms with van der Waals surface area (Å²) >= 11 is 0. The molecule has 0 aliphatic heterocycles. The average Bonchev–Trinajstić information content (AvgIpc) is 2.34. The van der Waals surface area contributed by atoms with Gasteiger partial charge in [0.15, 0.2) is 0 Å². The number of hydrogen-bond acceptors (Lipinski definition) is 2. The van der Waals surface area contributed by atoms with Crippen molar-refractivity contribution < 1.29 is 9.50 Å². The smallest absolute Gasteiger partial charge is 0.126 e. The van der Waals surface area contributed by atoms with Gasteiger partial charge in [-0.05, 0) is 37.3 Å². The van der Waals surface area contributed by atoms with Crippen LogP contribution in [-0.4, -0.2) is 23.8 Å². The Labute approximate surface area is 109 Å². The van der Waals surface area contributed by atoms with Crippen molar-refractivity contribution in [1.82, 2.24) is 5.32 Å². The van der Waals surface area contributed by atoms with Crippen LogP contribution in [0.25, 0.3) is 0 Å². The molecule has 1 aromatic carbocycles. The molecule has 2 nitrogen and oxygen atoms in total. The first-order valence-electron chi connectivity index (χ1n) is 6.65. The molecule has 2 N–H and O–H groups in total. The molecule has 2 unspecified atom stereocenters. The molecule has 0 radical (unpaired) electrons. The Hall–Kier alpha value is -0.930. The summed E-state index contributed by atoms with van der Waals surface area (Å²) < 4.78 is 13.4. The van der Waals surface area contributed by atoms with E-state index in [4.69, 9.17) is 0 Å². The number of aliphatic hydroxyl groups is 1. The van der Waals surface area contributed by atoms with Crippen molar-refractivity contribution in [2.75, 3.05) is 6.54 Å². The van der Waals surface area contributed by atoms with Gasteiger partial charge in [-0.3, -0.25) is 0 Å². The van der Waals surface area contributed by atoms with Crippen molar-refractivity contribution in [2.24, 2.45) is 5.92 Å². The third kappa shape index (κ3) is 5.15. The molecule has 0 saturated heterocycles. The minimum atomic E-state index is -0.319. The highest BCUT2D eigenvalue weighted by atomic mass is 19.1. The molecular weight excluding hydrogens is 229 g/mol. The molecule has 1 rings (SSSR count). The summed E-state index contributed by atoms with van der Waals surface area (Å²) in [4.78, 5) is 0. The average molecular weight is 253 g/mol. The van der Waals surface area contributed by atoms with Gasteiger partial charge in [0.25, 0.3) is 0 Å². The van der Waals surface area contributed by atoms with E-state index in [-0.39, 0.29) is 23.9 Å². The van der Waals surface area contributed by atoms with Crippen LogP contribution < -0.4 is 5.32 Å². The van der Waals surface area contributed by atoms with Gasteiger partial charge in [0.2, 0.25) is 0 Å². The zero-order chi connectivity index (χ0) is 13.5. The molecule has 0 aliphatic rings. The lowest BCUT2D eigenvalue weighted by Crippen LogP contribution is -2.36. The minimum absolute atomic E-state index is 0.132. The Morgan fingerprint density at radius 2 is 1.89 bits per heavy atom. The predicted molar refractivity (Wildman–Crippen MR) is 73.0 cm³/mol. The molecule has 1 aromatic rings. The van der Waals surface area contributed by atoms with E-state index in [0.717, 1.165) is 18.4 Å². The predicted octanol–water partition coefficient (Wildman–Crippen LogP) is 2.75. The molecule has 0 amide bonds. The Bertz CT molecular complexity index is 354. The number of aryl methyl sites for hydroxylation is 1. The normalized spacial score (nSPS) is 14.8. The molecule has 0 aliphatic carbocycles. The lowest BCUT2D eigenvalue weighted by molar-refractivity contribution is 0.120. The fraction of sp³-hybridized carbons (Fsp3) is 0.600. The van der Waals surface area contributed by atoms with Crippen LogP contribution in [0.1, 0.15) is 32.8 Å². The van der Waals surface area contributed by atoms with E-state index < -0.39 is 0 Å². The van der Waals surface area contributed by atoms with Crippen LogP contribution in [0.15, 0.2) is 24.3 Å². The molecule has 102 valence electrons. The van der Waals surface area contributed by atoms with Crippen molar-refractivity contribution in [3.63, 3.8) is 0 Å². The molecule has 0 heterocycles. The SMILES string of the molecule is CC(CCc1ccccc1F)NCC(O)C(C)C. The number of benzene rings is 1. The first-order valence-corrected chi connectivity index (χ1v) is 6.65. The van der Waals surface area contributed by atoms with Gasteiger partial charge < -0.3 is 10.4 Å². The van der Waals surface area contributed by atoms with E-state index in [2.05, 4.69) is 12.2 Å². The Kier molecular flexibility index (Phi) is 6.30. The Balaban J connectivity index is 2.29. The Morgan fingerprint density at radius 1 is 1.22 bits per heavy atom. The summed E-state index contributed by atoms with van der Waals surface area (Å²) in [5.74, 6) is 0.128. The van der Waals surface area contributed by atoms with E-state index in [9.17, 15) is 9.50 Å². The quantitative estimate of drug-likeness (QED) is 0.783. The summed E-state index contributed by atoms with van der Waals surface area (Å²) in [5.41, 5.74) is 0.760. The second kappa shape index (κ2) is 7.49. The summed E-state index contributed by atoms with van der Waals surface area (Å²) in [6.45, 7) is 6.65. The van der Waals surface area contributed by atoms with Gasteiger partial charge in [0.1, 0.15) is 5.82 Å².